The lowest BCUT2D eigenvalue weighted by Crippen LogP contribution is -1.99. The SMILES string of the molecule is N#C/C(=C/c1cc(Br)c(OCc2ccccc2C#N)c(Br)c1)c1cccc(F)c1. The van der Waals surface area contributed by atoms with Crippen LogP contribution in [0.3, 0.4) is 0 Å². The molecule has 0 radical (unpaired) electrons. The van der Waals surface area contributed by atoms with Gasteiger partial charge < -0.3 is 4.74 Å². The van der Waals surface area contributed by atoms with Crippen LogP contribution in [0.15, 0.2) is 69.6 Å². The molecule has 0 unspecified atom stereocenters. The molecule has 3 aromatic rings. The maximum Gasteiger partial charge on any atom is 0.148 e. The summed E-state index contributed by atoms with van der Waals surface area (Å²) in [4.78, 5) is 0. The Bertz CT molecular complexity index is 1150. The lowest BCUT2D eigenvalue weighted by Gasteiger charge is -2.12. The van der Waals surface area contributed by atoms with Gasteiger partial charge in [0.2, 0.25) is 0 Å². The van der Waals surface area contributed by atoms with Crippen LogP contribution in [-0.4, -0.2) is 0 Å². The van der Waals surface area contributed by atoms with Crippen molar-refractivity contribution in [2.45, 2.75) is 6.61 Å². The molecule has 3 nitrogen and oxygen atoms in total. The number of rotatable bonds is 5. The molecule has 0 aliphatic rings. The van der Waals surface area contributed by atoms with Crippen molar-refractivity contribution in [2.75, 3.05) is 0 Å². The number of halogens is 3. The number of allylic oxidation sites excluding steroid dienone is 1. The first-order valence-electron chi connectivity index (χ1n) is 8.49. The molecular weight excluding hydrogens is 499 g/mol. The van der Waals surface area contributed by atoms with E-state index in [1.165, 1.54) is 12.1 Å². The highest BCUT2D eigenvalue weighted by Gasteiger charge is 2.11. The minimum absolute atomic E-state index is 0.239. The number of ether oxygens (including phenoxy) is 1. The second kappa shape index (κ2) is 9.52. The van der Waals surface area contributed by atoms with Gasteiger partial charge in [-0.1, -0.05) is 30.3 Å². The summed E-state index contributed by atoms with van der Waals surface area (Å²) in [5.74, 6) is 0.187. The Kier molecular flexibility index (Phi) is 6.82. The summed E-state index contributed by atoms with van der Waals surface area (Å²) in [6.07, 6.45) is 1.68. The standard InChI is InChI=1S/C23H13Br2FN2O/c24-21-9-15(8-19(13-28)16-6-3-7-20(26)11-16)10-22(25)23(21)29-14-18-5-2-1-4-17(18)12-27/h1-11H,14H2/b19-8-. The zero-order valence-electron chi connectivity index (χ0n) is 15.0. The van der Waals surface area contributed by atoms with E-state index >= 15 is 0 Å². The third-order valence-electron chi connectivity index (χ3n) is 4.10. The molecule has 0 spiro atoms. The summed E-state index contributed by atoms with van der Waals surface area (Å²) in [5.41, 5.74) is 2.95. The van der Waals surface area contributed by atoms with Crippen molar-refractivity contribution in [3.63, 3.8) is 0 Å². The van der Waals surface area contributed by atoms with Crippen LogP contribution in [0.4, 0.5) is 4.39 Å². The van der Waals surface area contributed by atoms with Gasteiger partial charge in [-0.3, -0.25) is 0 Å². The summed E-state index contributed by atoms with van der Waals surface area (Å²) in [5, 5.41) is 18.7. The largest absolute Gasteiger partial charge is 0.486 e. The van der Waals surface area contributed by atoms with Crippen LogP contribution >= 0.6 is 31.9 Å². The van der Waals surface area contributed by atoms with Crippen molar-refractivity contribution in [1.29, 1.82) is 10.5 Å². The van der Waals surface area contributed by atoms with Gasteiger partial charge in [-0.15, -0.1) is 0 Å². The van der Waals surface area contributed by atoms with Crippen molar-refractivity contribution in [2.24, 2.45) is 0 Å². The van der Waals surface area contributed by atoms with Crippen molar-refractivity contribution in [1.82, 2.24) is 0 Å². The van der Waals surface area contributed by atoms with E-state index in [0.29, 0.717) is 31.4 Å². The highest BCUT2D eigenvalue weighted by molar-refractivity contribution is 9.11. The maximum absolute atomic E-state index is 13.5. The zero-order chi connectivity index (χ0) is 20.8. The molecule has 0 aliphatic heterocycles. The predicted molar refractivity (Wildman–Crippen MR) is 117 cm³/mol. The van der Waals surface area contributed by atoms with Crippen molar-refractivity contribution in [3.8, 4) is 17.9 Å². The fourth-order valence-electron chi connectivity index (χ4n) is 2.71. The van der Waals surface area contributed by atoms with Gasteiger partial charge in [-0.2, -0.15) is 10.5 Å². The molecule has 0 atom stereocenters. The average molecular weight is 512 g/mol. The Labute approximate surface area is 184 Å². The fraction of sp³-hybridized carbons (Fsp3) is 0.0435. The van der Waals surface area contributed by atoms with Crippen LogP contribution in [0.1, 0.15) is 22.3 Å². The second-order valence-corrected chi connectivity index (χ2v) is 7.76. The van der Waals surface area contributed by atoms with Crippen molar-refractivity contribution >= 4 is 43.5 Å². The minimum atomic E-state index is -0.396. The van der Waals surface area contributed by atoms with Gasteiger partial charge in [0.1, 0.15) is 18.2 Å². The molecule has 0 aliphatic carbocycles. The third kappa shape index (κ3) is 5.12. The number of hydrogen-bond acceptors (Lipinski definition) is 3. The van der Waals surface area contributed by atoms with Crippen LogP contribution < -0.4 is 4.74 Å². The van der Waals surface area contributed by atoms with Gasteiger partial charge in [0, 0.05) is 5.56 Å². The minimum Gasteiger partial charge on any atom is -0.486 e. The lowest BCUT2D eigenvalue weighted by atomic mass is 10.0. The summed E-state index contributed by atoms with van der Waals surface area (Å²) in [6.45, 7) is 0.239. The average Bonchev–Trinajstić information content (AvgIpc) is 2.71. The van der Waals surface area contributed by atoms with Gasteiger partial charge in [0.05, 0.1) is 32.2 Å². The molecule has 0 aromatic heterocycles. The Morgan fingerprint density at radius 1 is 1.00 bits per heavy atom. The molecule has 0 heterocycles. The van der Waals surface area contributed by atoms with Crippen molar-refractivity contribution < 1.29 is 9.13 Å². The van der Waals surface area contributed by atoms with E-state index in [1.54, 1.807) is 30.3 Å². The Hall–Kier alpha value is -2.93. The van der Waals surface area contributed by atoms with E-state index in [9.17, 15) is 14.9 Å². The first-order chi connectivity index (χ1) is 14.0. The first-order valence-corrected chi connectivity index (χ1v) is 10.1. The zero-order valence-corrected chi connectivity index (χ0v) is 18.2. The Morgan fingerprint density at radius 2 is 1.72 bits per heavy atom. The fourth-order valence-corrected chi connectivity index (χ4v) is 4.16. The quantitative estimate of drug-likeness (QED) is 0.277. The molecule has 3 rings (SSSR count). The maximum atomic E-state index is 13.5. The molecule has 0 bridgehead atoms. The first kappa shape index (κ1) is 20.8. The predicted octanol–water partition coefficient (Wildman–Crippen LogP) is 6.87. The van der Waals surface area contributed by atoms with E-state index in [2.05, 4.69) is 44.0 Å². The summed E-state index contributed by atoms with van der Waals surface area (Å²) >= 11 is 6.99. The number of nitriles is 2. The molecule has 0 N–H and O–H groups in total. The highest BCUT2D eigenvalue weighted by Crippen LogP contribution is 2.36. The Balaban J connectivity index is 1.87. The van der Waals surface area contributed by atoms with E-state index < -0.39 is 5.82 Å². The van der Waals surface area contributed by atoms with Crippen LogP contribution in [0.2, 0.25) is 0 Å². The monoisotopic (exact) mass is 510 g/mol. The normalized spacial score (nSPS) is 10.9. The number of benzene rings is 3. The van der Waals surface area contributed by atoms with Gasteiger partial charge in [0.25, 0.3) is 0 Å². The van der Waals surface area contributed by atoms with Crippen molar-refractivity contribution in [3.05, 3.63) is 97.7 Å². The molecule has 0 amide bonds. The van der Waals surface area contributed by atoms with E-state index in [0.717, 1.165) is 11.1 Å². The van der Waals surface area contributed by atoms with Gasteiger partial charge in [0.15, 0.2) is 0 Å². The molecule has 6 heteroatoms. The summed E-state index contributed by atoms with van der Waals surface area (Å²) < 4.78 is 20.7. The number of nitrogens with zero attached hydrogens (tertiary/aromatic N) is 2. The molecule has 0 fully saturated rings. The summed E-state index contributed by atoms with van der Waals surface area (Å²) in [7, 11) is 0. The Morgan fingerprint density at radius 3 is 2.38 bits per heavy atom. The second-order valence-electron chi connectivity index (χ2n) is 6.05. The lowest BCUT2D eigenvalue weighted by molar-refractivity contribution is 0.302. The van der Waals surface area contributed by atoms with Crippen LogP contribution in [0.5, 0.6) is 5.75 Å². The molecule has 29 heavy (non-hydrogen) atoms. The van der Waals surface area contributed by atoms with Crippen LogP contribution in [0.25, 0.3) is 11.6 Å². The topological polar surface area (TPSA) is 56.8 Å². The van der Waals surface area contributed by atoms with Gasteiger partial charge in [-0.05, 0) is 79.4 Å². The molecular formula is C23H13Br2FN2O. The van der Waals surface area contributed by atoms with Crippen LogP contribution in [-0.2, 0) is 6.61 Å². The van der Waals surface area contributed by atoms with E-state index in [-0.39, 0.29) is 6.61 Å². The molecule has 0 saturated heterocycles. The molecule has 0 saturated carbocycles. The van der Waals surface area contributed by atoms with E-state index in [4.69, 9.17) is 4.74 Å². The summed E-state index contributed by atoms with van der Waals surface area (Å²) in [6, 6.07) is 21.0. The third-order valence-corrected chi connectivity index (χ3v) is 5.28. The van der Waals surface area contributed by atoms with Crippen LogP contribution in [0, 0.1) is 28.5 Å². The highest BCUT2D eigenvalue weighted by atomic mass is 79.9. The smallest absolute Gasteiger partial charge is 0.148 e. The van der Waals surface area contributed by atoms with Gasteiger partial charge >= 0.3 is 0 Å². The van der Waals surface area contributed by atoms with E-state index in [1.807, 2.05) is 24.3 Å². The number of hydrogen-bond donors (Lipinski definition) is 0. The molecule has 3 aromatic carbocycles. The molecule has 142 valence electrons. The van der Waals surface area contributed by atoms with Gasteiger partial charge in [-0.25, -0.2) is 4.39 Å².